The van der Waals surface area contributed by atoms with E-state index in [0.717, 1.165) is 26.9 Å². The van der Waals surface area contributed by atoms with Gasteiger partial charge in [0.05, 0.1) is 19.1 Å². The number of fused-ring (bicyclic) bond motifs is 1. The number of nitrogens with zero attached hydrogens (tertiary/aromatic N) is 1. The number of amides is 1. The largest absolute Gasteiger partial charge is 0.497 e. The first-order valence-electron chi connectivity index (χ1n) is 9.18. The number of ether oxygens (including phenoxy) is 1. The highest BCUT2D eigenvalue weighted by Gasteiger charge is 2.29. The molecule has 0 saturated heterocycles. The molecule has 0 aliphatic rings. The molecule has 3 rings (SSSR count). The predicted molar refractivity (Wildman–Crippen MR) is 116 cm³/mol. The molecular weight excluding hydrogens is 388 g/mol. The summed E-state index contributed by atoms with van der Waals surface area (Å²) in [7, 11) is -2.18. The second-order valence-corrected chi connectivity index (χ2v) is 8.70. The predicted octanol–water partition coefficient (Wildman–Crippen LogP) is 3.32. The van der Waals surface area contributed by atoms with Crippen molar-refractivity contribution in [3.63, 3.8) is 0 Å². The quantitative estimate of drug-likeness (QED) is 0.646. The lowest BCUT2D eigenvalue weighted by atomic mass is 10.1. The number of hydrogen-bond donors (Lipinski definition) is 1. The van der Waals surface area contributed by atoms with Gasteiger partial charge in [-0.05, 0) is 41.5 Å². The number of nitrogens with one attached hydrogen (secondary N) is 1. The lowest BCUT2D eigenvalue weighted by Crippen LogP contribution is -2.47. The molecule has 29 heavy (non-hydrogen) atoms. The summed E-state index contributed by atoms with van der Waals surface area (Å²) in [5, 5.41) is 5.05. The van der Waals surface area contributed by atoms with E-state index in [-0.39, 0.29) is 5.91 Å². The van der Waals surface area contributed by atoms with Crippen molar-refractivity contribution in [3.8, 4) is 5.75 Å². The summed E-state index contributed by atoms with van der Waals surface area (Å²) in [6.45, 7) is 1.87. The molecule has 0 spiro atoms. The third-order valence-corrected chi connectivity index (χ3v) is 5.92. The zero-order chi connectivity index (χ0) is 21.0. The minimum absolute atomic E-state index is 0.309. The van der Waals surface area contributed by atoms with Crippen molar-refractivity contribution < 1.29 is 17.9 Å². The number of benzene rings is 3. The molecule has 0 heterocycles. The van der Waals surface area contributed by atoms with E-state index in [0.29, 0.717) is 18.0 Å². The van der Waals surface area contributed by atoms with Crippen molar-refractivity contribution in [2.24, 2.45) is 0 Å². The molecule has 0 bridgehead atoms. The van der Waals surface area contributed by atoms with Crippen LogP contribution in [0.5, 0.6) is 5.75 Å². The van der Waals surface area contributed by atoms with Crippen LogP contribution in [-0.2, 0) is 21.4 Å². The van der Waals surface area contributed by atoms with Crippen LogP contribution in [0, 0.1) is 0 Å². The summed E-state index contributed by atoms with van der Waals surface area (Å²) in [5.41, 5.74) is 1.32. The van der Waals surface area contributed by atoms with Crippen molar-refractivity contribution in [1.29, 1.82) is 0 Å². The minimum atomic E-state index is -3.68. The van der Waals surface area contributed by atoms with Crippen molar-refractivity contribution >= 4 is 32.4 Å². The van der Waals surface area contributed by atoms with Crippen LogP contribution >= 0.6 is 0 Å². The van der Waals surface area contributed by atoms with Gasteiger partial charge in [0.25, 0.3) is 0 Å². The van der Waals surface area contributed by atoms with Crippen LogP contribution < -0.4 is 14.4 Å². The molecule has 1 atom stereocenters. The Hall–Kier alpha value is -3.06. The van der Waals surface area contributed by atoms with Crippen LogP contribution in [0.1, 0.15) is 12.5 Å². The van der Waals surface area contributed by atoms with Gasteiger partial charge in [-0.25, -0.2) is 8.42 Å². The molecule has 0 aliphatic carbocycles. The van der Waals surface area contributed by atoms with Crippen LogP contribution in [0.25, 0.3) is 10.8 Å². The molecule has 0 saturated carbocycles. The lowest BCUT2D eigenvalue weighted by Gasteiger charge is -2.28. The maximum atomic E-state index is 12.7. The molecule has 1 amide bonds. The Bertz CT molecular complexity index is 1130. The van der Waals surface area contributed by atoms with Gasteiger partial charge in [-0.1, -0.05) is 42.5 Å². The summed E-state index contributed by atoms with van der Waals surface area (Å²) < 4.78 is 31.1. The molecule has 0 aliphatic heterocycles. The Morgan fingerprint density at radius 1 is 1.03 bits per heavy atom. The number of carbonyl (C=O) groups is 1. The van der Waals surface area contributed by atoms with Crippen molar-refractivity contribution in [3.05, 3.63) is 72.3 Å². The summed E-state index contributed by atoms with van der Waals surface area (Å²) in [6, 6.07) is 19.6. The second-order valence-electron chi connectivity index (χ2n) is 6.84. The summed E-state index contributed by atoms with van der Waals surface area (Å²) >= 11 is 0. The zero-order valence-electron chi connectivity index (χ0n) is 16.6. The molecule has 1 unspecified atom stereocenters. The van der Waals surface area contributed by atoms with E-state index in [1.807, 2.05) is 42.5 Å². The Morgan fingerprint density at radius 3 is 2.45 bits per heavy atom. The first kappa shape index (κ1) is 20.7. The fraction of sp³-hybridized carbons (Fsp3) is 0.227. The average Bonchev–Trinajstić information content (AvgIpc) is 2.71. The van der Waals surface area contributed by atoms with Gasteiger partial charge in [0.2, 0.25) is 15.9 Å². The van der Waals surface area contributed by atoms with Crippen molar-refractivity contribution in [1.82, 2.24) is 5.32 Å². The molecule has 7 heteroatoms. The fourth-order valence-corrected chi connectivity index (χ4v) is 4.41. The molecule has 3 aromatic rings. The van der Waals surface area contributed by atoms with Crippen LogP contribution in [0.15, 0.2) is 66.7 Å². The molecule has 0 aromatic heterocycles. The molecule has 3 aromatic carbocycles. The standard InChI is InChI=1S/C22H24N2O4S/c1-16(24(29(3,26)27)20-9-6-10-21(14-20)28-2)22(25)23-15-17-11-12-18-7-4-5-8-19(18)13-17/h4-14,16H,15H2,1-3H3,(H,23,25). The van der Waals surface area contributed by atoms with Gasteiger partial charge in [0.1, 0.15) is 11.8 Å². The maximum absolute atomic E-state index is 12.7. The van der Waals surface area contributed by atoms with E-state index in [1.165, 1.54) is 7.11 Å². The summed E-state index contributed by atoms with van der Waals surface area (Å²) in [6.07, 6.45) is 1.08. The Morgan fingerprint density at radius 2 is 1.76 bits per heavy atom. The molecule has 152 valence electrons. The average molecular weight is 413 g/mol. The molecule has 0 fully saturated rings. The van der Waals surface area contributed by atoms with Crippen molar-refractivity contribution in [2.45, 2.75) is 19.5 Å². The highest BCUT2D eigenvalue weighted by molar-refractivity contribution is 7.92. The second kappa shape index (κ2) is 8.53. The van der Waals surface area contributed by atoms with E-state index < -0.39 is 16.1 Å². The normalized spacial score (nSPS) is 12.4. The monoisotopic (exact) mass is 412 g/mol. The van der Waals surface area contributed by atoms with Gasteiger partial charge < -0.3 is 10.1 Å². The first-order chi connectivity index (χ1) is 13.8. The smallest absolute Gasteiger partial charge is 0.243 e. The first-order valence-corrected chi connectivity index (χ1v) is 11.0. The van der Waals surface area contributed by atoms with Crippen LogP contribution in [0.2, 0.25) is 0 Å². The van der Waals surface area contributed by atoms with Crippen LogP contribution in [0.3, 0.4) is 0 Å². The summed E-state index contributed by atoms with van der Waals surface area (Å²) in [5.74, 6) is 0.131. The third-order valence-electron chi connectivity index (χ3n) is 4.68. The van der Waals surface area contributed by atoms with E-state index in [4.69, 9.17) is 4.74 Å². The Balaban J connectivity index is 1.78. The number of carbonyl (C=O) groups excluding carboxylic acids is 1. The number of sulfonamides is 1. The van der Waals surface area contributed by atoms with Gasteiger partial charge >= 0.3 is 0 Å². The van der Waals surface area contributed by atoms with Crippen molar-refractivity contribution in [2.75, 3.05) is 17.7 Å². The van der Waals surface area contributed by atoms with Gasteiger partial charge in [0, 0.05) is 12.6 Å². The van der Waals surface area contributed by atoms with E-state index in [1.54, 1.807) is 31.2 Å². The molecule has 0 radical (unpaired) electrons. The van der Waals surface area contributed by atoms with Gasteiger partial charge in [0.15, 0.2) is 0 Å². The minimum Gasteiger partial charge on any atom is -0.497 e. The topological polar surface area (TPSA) is 75.7 Å². The van der Waals surface area contributed by atoms with Gasteiger partial charge in [-0.15, -0.1) is 0 Å². The fourth-order valence-electron chi connectivity index (χ4n) is 3.24. The zero-order valence-corrected chi connectivity index (χ0v) is 17.4. The van der Waals surface area contributed by atoms with Crippen LogP contribution in [-0.4, -0.2) is 33.7 Å². The van der Waals surface area contributed by atoms with E-state index in [2.05, 4.69) is 5.32 Å². The number of rotatable bonds is 7. The number of methoxy groups -OCH3 is 1. The highest BCUT2D eigenvalue weighted by atomic mass is 32.2. The number of hydrogen-bond acceptors (Lipinski definition) is 4. The van der Waals surface area contributed by atoms with Crippen LogP contribution in [0.4, 0.5) is 5.69 Å². The van der Waals surface area contributed by atoms with E-state index in [9.17, 15) is 13.2 Å². The van der Waals surface area contributed by atoms with E-state index >= 15 is 0 Å². The Kier molecular flexibility index (Phi) is 6.08. The molecular formula is C22H24N2O4S. The Labute approximate surface area is 171 Å². The molecule has 1 N–H and O–H groups in total. The van der Waals surface area contributed by atoms with Gasteiger partial charge in [-0.3, -0.25) is 9.10 Å². The third kappa shape index (κ3) is 4.86. The summed E-state index contributed by atoms with van der Waals surface area (Å²) in [4.78, 5) is 12.7. The number of anilines is 1. The SMILES string of the molecule is COc1cccc(N(C(C)C(=O)NCc2ccc3ccccc3c2)S(C)(=O)=O)c1. The van der Waals surface area contributed by atoms with Gasteiger partial charge in [-0.2, -0.15) is 0 Å². The molecule has 6 nitrogen and oxygen atoms in total. The highest BCUT2D eigenvalue weighted by Crippen LogP contribution is 2.25. The lowest BCUT2D eigenvalue weighted by molar-refractivity contribution is -0.122. The maximum Gasteiger partial charge on any atom is 0.243 e.